The van der Waals surface area contributed by atoms with Crippen LogP contribution < -0.4 is 0 Å². The van der Waals surface area contributed by atoms with Crippen LogP contribution in [0, 0.1) is 11.8 Å². The molecule has 0 nitrogen and oxygen atoms in total. The molecule has 0 saturated heterocycles. The third-order valence-electron chi connectivity index (χ3n) is 1.78. The lowest BCUT2D eigenvalue weighted by atomic mass is 9.96. The van der Waals surface area contributed by atoms with Crippen LogP contribution in [0.25, 0.3) is 0 Å². The van der Waals surface area contributed by atoms with Gasteiger partial charge in [-0.3, -0.25) is 0 Å². The first-order valence-electron chi connectivity index (χ1n) is 5.68. The zero-order valence-corrected chi connectivity index (χ0v) is 11.3. The van der Waals surface area contributed by atoms with E-state index in [1.54, 1.807) is 0 Å². The fourth-order valence-electron chi connectivity index (χ4n) is 0.471. The molecular weight excluding hydrogens is 156 g/mol. The smallest absolute Gasteiger partial charge is 0.0422 e. The van der Waals surface area contributed by atoms with E-state index >= 15 is 0 Å². The van der Waals surface area contributed by atoms with E-state index < -0.39 is 0 Å². The molecule has 0 saturated carbocycles. The number of hydrogen-bond donors (Lipinski definition) is 0. The highest BCUT2D eigenvalue weighted by Crippen LogP contribution is 2.11. The fraction of sp³-hybridized carbons (Fsp3) is 0.846. The molecule has 0 heteroatoms. The minimum absolute atomic E-state index is 0.866. The maximum atomic E-state index is 3.00. The second-order valence-electron chi connectivity index (χ2n) is 2.63. The van der Waals surface area contributed by atoms with E-state index in [1.807, 2.05) is 27.7 Å². The van der Waals surface area contributed by atoms with Gasteiger partial charge in [0.25, 0.3) is 0 Å². The topological polar surface area (TPSA) is 0 Å². The van der Waals surface area contributed by atoms with Crippen molar-refractivity contribution in [3.05, 3.63) is 13.2 Å². The molecular formula is C13H32. The molecule has 0 aromatic carbocycles. The maximum absolute atomic E-state index is 3.00. The lowest BCUT2D eigenvalue weighted by Crippen LogP contribution is -2.00. The van der Waals surface area contributed by atoms with Gasteiger partial charge in [0, 0.05) is 0 Å². The molecule has 0 N–H and O–H groups in total. The molecule has 0 aliphatic carbocycles. The van der Waals surface area contributed by atoms with Gasteiger partial charge in [0.2, 0.25) is 0 Å². The molecule has 0 aliphatic heterocycles. The molecule has 0 aromatic rings. The minimum Gasteiger partial charge on any atom is -0.106 e. The summed E-state index contributed by atoms with van der Waals surface area (Å²) in [5.41, 5.74) is 0. The van der Waals surface area contributed by atoms with Crippen LogP contribution in [0.4, 0.5) is 0 Å². The van der Waals surface area contributed by atoms with Gasteiger partial charge in [0.15, 0.2) is 0 Å². The highest BCUT2D eigenvalue weighted by Gasteiger charge is 2.01. The average molecular weight is 188 g/mol. The molecule has 0 radical (unpaired) electrons. The van der Waals surface area contributed by atoms with Gasteiger partial charge in [0.05, 0.1) is 0 Å². The Morgan fingerprint density at radius 3 is 1.08 bits per heavy atom. The Kier molecular flexibility index (Phi) is 52.7. The molecule has 0 fully saturated rings. The minimum atomic E-state index is 0.866. The van der Waals surface area contributed by atoms with Crippen molar-refractivity contribution < 1.29 is 0 Å². The van der Waals surface area contributed by atoms with Gasteiger partial charge < -0.3 is 0 Å². The monoisotopic (exact) mass is 188 g/mol. The van der Waals surface area contributed by atoms with Crippen LogP contribution in [-0.4, -0.2) is 0 Å². The molecule has 0 heterocycles. The lowest BCUT2D eigenvalue weighted by Gasteiger charge is -2.10. The third-order valence-corrected chi connectivity index (χ3v) is 1.78. The van der Waals surface area contributed by atoms with Crippen molar-refractivity contribution in [2.45, 2.75) is 61.8 Å². The Morgan fingerprint density at radius 2 is 1.08 bits per heavy atom. The quantitative estimate of drug-likeness (QED) is 0.499. The lowest BCUT2D eigenvalue weighted by molar-refractivity contribution is 0.407. The fourth-order valence-corrected chi connectivity index (χ4v) is 0.471. The highest BCUT2D eigenvalue weighted by atomic mass is 14.1. The van der Waals surface area contributed by atoms with Crippen molar-refractivity contribution in [1.29, 1.82) is 0 Å². The molecule has 1 atom stereocenters. The number of hydrogen-bond acceptors (Lipinski definition) is 0. The summed E-state index contributed by atoms with van der Waals surface area (Å²) in [6, 6.07) is 0. The Bertz CT molecular complexity index is 46.0. The maximum Gasteiger partial charge on any atom is -0.0422 e. The van der Waals surface area contributed by atoms with Crippen molar-refractivity contribution in [2.75, 3.05) is 0 Å². The Hall–Kier alpha value is -0.260. The van der Waals surface area contributed by atoms with E-state index in [4.69, 9.17) is 0 Å². The van der Waals surface area contributed by atoms with Crippen molar-refractivity contribution in [1.82, 2.24) is 0 Å². The highest BCUT2D eigenvalue weighted by molar-refractivity contribution is 4.52. The predicted octanol–water partition coefficient (Wildman–Crippen LogP) is 5.54. The van der Waals surface area contributed by atoms with Crippen LogP contribution in [0.3, 0.4) is 0 Å². The first kappa shape index (κ1) is 23.0. The van der Waals surface area contributed by atoms with E-state index in [2.05, 4.69) is 40.9 Å². The predicted molar refractivity (Wildman–Crippen MR) is 68.2 cm³/mol. The van der Waals surface area contributed by atoms with E-state index in [0.717, 1.165) is 11.8 Å². The summed E-state index contributed by atoms with van der Waals surface area (Å²) in [6.45, 7) is 23.1. The van der Waals surface area contributed by atoms with Crippen LogP contribution >= 0.6 is 0 Å². The number of rotatable bonds is 2. The van der Waals surface area contributed by atoms with E-state index in [0.29, 0.717) is 0 Å². The summed E-state index contributed by atoms with van der Waals surface area (Å²) < 4.78 is 0. The molecule has 0 spiro atoms. The summed E-state index contributed by atoms with van der Waals surface area (Å²) in [5.74, 6) is 1.77. The van der Waals surface area contributed by atoms with Crippen molar-refractivity contribution in [3.63, 3.8) is 0 Å². The zero-order valence-electron chi connectivity index (χ0n) is 11.3. The Labute approximate surface area is 87.4 Å². The second kappa shape index (κ2) is 29.8. The van der Waals surface area contributed by atoms with Crippen molar-refractivity contribution in [3.8, 4) is 0 Å². The molecule has 84 valence electrons. The van der Waals surface area contributed by atoms with E-state index in [9.17, 15) is 0 Å². The summed E-state index contributed by atoms with van der Waals surface area (Å²) in [7, 11) is 0. The normalized spacial score (nSPS) is 9.31. The molecule has 0 rings (SSSR count). The summed E-state index contributed by atoms with van der Waals surface area (Å²) in [6.07, 6.45) is 1.32. The van der Waals surface area contributed by atoms with Gasteiger partial charge in [-0.2, -0.15) is 0 Å². The summed E-state index contributed by atoms with van der Waals surface area (Å²) in [5, 5.41) is 0. The molecule has 0 aliphatic rings. The van der Waals surface area contributed by atoms with Crippen LogP contribution in [0.15, 0.2) is 13.2 Å². The van der Waals surface area contributed by atoms with Gasteiger partial charge in [-0.15, -0.1) is 13.2 Å². The van der Waals surface area contributed by atoms with E-state index in [1.165, 1.54) is 6.42 Å². The standard InChI is InChI=1S/C7H16.2C2H6.C2H4/c1-5-7(4)6(2)3;3*1-2/h6-7H,5H2,1-4H3;2*1-2H3;1-2H2. The van der Waals surface area contributed by atoms with Gasteiger partial charge in [0.1, 0.15) is 0 Å². The van der Waals surface area contributed by atoms with E-state index in [-0.39, 0.29) is 0 Å². The zero-order chi connectivity index (χ0) is 11.9. The molecule has 0 aromatic heterocycles. The van der Waals surface area contributed by atoms with Crippen LogP contribution in [-0.2, 0) is 0 Å². The van der Waals surface area contributed by atoms with Crippen LogP contribution in [0.2, 0.25) is 0 Å². The first-order chi connectivity index (χ1) is 6.18. The molecule has 1 unspecified atom stereocenters. The SMILES string of the molecule is C=C.CC.CC.CCC(C)C(C)C. The first-order valence-corrected chi connectivity index (χ1v) is 5.68. The molecule has 0 amide bonds. The summed E-state index contributed by atoms with van der Waals surface area (Å²) >= 11 is 0. The van der Waals surface area contributed by atoms with Crippen LogP contribution in [0.5, 0.6) is 0 Å². The molecule has 0 bridgehead atoms. The van der Waals surface area contributed by atoms with Gasteiger partial charge in [-0.1, -0.05) is 61.8 Å². The van der Waals surface area contributed by atoms with Gasteiger partial charge in [-0.05, 0) is 11.8 Å². The largest absolute Gasteiger partial charge is 0.106 e. The second-order valence-corrected chi connectivity index (χ2v) is 2.63. The Morgan fingerprint density at radius 1 is 0.846 bits per heavy atom. The van der Waals surface area contributed by atoms with Crippen LogP contribution in [0.1, 0.15) is 61.8 Å². The summed E-state index contributed by atoms with van der Waals surface area (Å²) in [4.78, 5) is 0. The average Bonchev–Trinajstić information content (AvgIpc) is 2.25. The van der Waals surface area contributed by atoms with Gasteiger partial charge in [-0.25, -0.2) is 0 Å². The van der Waals surface area contributed by atoms with Gasteiger partial charge >= 0.3 is 0 Å². The third kappa shape index (κ3) is 33.8. The Balaban J connectivity index is -0.0000000573. The van der Waals surface area contributed by atoms with Crippen molar-refractivity contribution in [2.24, 2.45) is 11.8 Å². The van der Waals surface area contributed by atoms with Crippen molar-refractivity contribution >= 4 is 0 Å². The molecule has 13 heavy (non-hydrogen) atoms.